The van der Waals surface area contributed by atoms with Gasteiger partial charge in [0, 0.05) is 32.8 Å². The van der Waals surface area contributed by atoms with Crippen LogP contribution < -0.4 is 14.4 Å². The molecule has 122 valence electrons. The molecule has 23 heavy (non-hydrogen) atoms. The zero-order valence-corrected chi connectivity index (χ0v) is 13.8. The predicted molar refractivity (Wildman–Crippen MR) is 86.4 cm³/mol. The summed E-state index contributed by atoms with van der Waals surface area (Å²) in [6.07, 6.45) is -0.442. The van der Waals surface area contributed by atoms with Gasteiger partial charge in [0.15, 0.2) is 22.7 Å². The highest BCUT2D eigenvalue weighted by atomic mass is 32.1. The molecule has 0 spiro atoms. The highest BCUT2D eigenvalue weighted by Gasteiger charge is 2.29. The number of nitrogens with zero attached hydrogens (tertiary/aromatic N) is 3. The quantitative estimate of drug-likeness (QED) is 0.825. The summed E-state index contributed by atoms with van der Waals surface area (Å²) in [4.78, 5) is 20.5. The largest absolute Gasteiger partial charge is 0.454 e. The van der Waals surface area contributed by atoms with Gasteiger partial charge in [0.05, 0.1) is 23.4 Å². The number of carbonyl (C=O) groups is 1. The van der Waals surface area contributed by atoms with E-state index in [1.54, 1.807) is 30.3 Å². The van der Waals surface area contributed by atoms with Crippen LogP contribution in [0.5, 0.6) is 11.5 Å². The van der Waals surface area contributed by atoms with E-state index < -0.39 is 6.10 Å². The second-order valence-corrected chi connectivity index (χ2v) is 6.72. The van der Waals surface area contributed by atoms with E-state index >= 15 is 0 Å². The Labute approximate surface area is 137 Å². The first kappa shape index (κ1) is 14.5. The number of anilines is 1. The zero-order chi connectivity index (χ0) is 16.0. The zero-order valence-electron chi connectivity index (χ0n) is 12.9. The van der Waals surface area contributed by atoms with Crippen molar-refractivity contribution >= 4 is 32.6 Å². The van der Waals surface area contributed by atoms with Crippen molar-refractivity contribution in [3.63, 3.8) is 0 Å². The molecule has 0 radical (unpaired) electrons. The average molecular weight is 335 g/mol. The number of ether oxygens (including phenoxy) is 3. The summed E-state index contributed by atoms with van der Waals surface area (Å²) >= 11 is 1.59. The number of fused-ring (bicyclic) bond motifs is 2. The van der Waals surface area contributed by atoms with Gasteiger partial charge in [-0.15, -0.1) is 0 Å². The number of hydrogen-bond donors (Lipinski definition) is 0. The Bertz CT molecular complexity index is 720. The molecule has 3 heterocycles. The van der Waals surface area contributed by atoms with Gasteiger partial charge in [-0.05, 0) is 0 Å². The number of rotatable bonds is 2. The summed E-state index contributed by atoms with van der Waals surface area (Å²) in [5, 5.41) is 0.892. The smallest absolute Gasteiger partial charge is 0.253 e. The Morgan fingerprint density at radius 3 is 2.91 bits per heavy atom. The number of thiazole rings is 1. The number of aromatic nitrogens is 1. The number of morpholine rings is 1. The van der Waals surface area contributed by atoms with E-state index in [-0.39, 0.29) is 12.7 Å². The molecule has 7 nitrogen and oxygen atoms in total. The second kappa shape index (κ2) is 5.54. The van der Waals surface area contributed by atoms with E-state index in [1.807, 2.05) is 12.1 Å². The SMILES string of the molecule is CN(C)C(=O)C1CN(c2nc3cc4c(cc3s2)OCO4)CCO1. The summed E-state index contributed by atoms with van der Waals surface area (Å²) in [7, 11) is 3.48. The van der Waals surface area contributed by atoms with Gasteiger partial charge in [-0.3, -0.25) is 4.79 Å². The first-order chi connectivity index (χ1) is 11.1. The lowest BCUT2D eigenvalue weighted by molar-refractivity contribution is -0.141. The monoisotopic (exact) mass is 335 g/mol. The van der Waals surface area contributed by atoms with Gasteiger partial charge in [0.2, 0.25) is 6.79 Å². The van der Waals surface area contributed by atoms with Crippen molar-refractivity contribution in [2.45, 2.75) is 6.10 Å². The molecule has 2 aliphatic heterocycles. The van der Waals surface area contributed by atoms with Crippen LogP contribution in [0.4, 0.5) is 5.13 Å². The molecule has 1 aromatic heterocycles. The fourth-order valence-electron chi connectivity index (χ4n) is 2.70. The molecule has 1 amide bonds. The summed E-state index contributed by atoms with van der Waals surface area (Å²) in [6, 6.07) is 3.86. The highest BCUT2D eigenvalue weighted by Crippen LogP contribution is 2.39. The topological polar surface area (TPSA) is 64.1 Å². The van der Waals surface area contributed by atoms with Crippen LogP contribution in [-0.2, 0) is 9.53 Å². The van der Waals surface area contributed by atoms with E-state index in [1.165, 1.54) is 0 Å². The normalized spacial score (nSPS) is 20.1. The molecule has 1 atom stereocenters. The highest BCUT2D eigenvalue weighted by molar-refractivity contribution is 7.22. The standard InChI is InChI=1S/C15H17N3O4S/c1-17(2)14(19)12-7-18(3-4-20-12)15-16-9-5-10-11(22-8-21-10)6-13(9)23-15/h5-6,12H,3-4,7-8H2,1-2H3. The van der Waals surface area contributed by atoms with Crippen LogP contribution in [0.15, 0.2) is 12.1 Å². The molecule has 0 N–H and O–H groups in total. The van der Waals surface area contributed by atoms with Crippen molar-refractivity contribution in [1.82, 2.24) is 9.88 Å². The molecule has 1 saturated heterocycles. The van der Waals surface area contributed by atoms with Crippen LogP contribution in [0.3, 0.4) is 0 Å². The Balaban J connectivity index is 1.60. The number of amides is 1. The molecule has 8 heteroatoms. The summed E-state index contributed by atoms with van der Waals surface area (Å²) in [5.41, 5.74) is 0.885. The summed E-state index contributed by atoms with van der Waals surface area (Å²) in [5.74, 6) is 1.48. The summed E-state index contributed by atoms with van der Waals surface area (Å²) < 4.78 is 17.4. The lowest BCUT2D eigenvalue weighted by Gasteiger charge is -2.33. The summed E-state index contributed by atoms with van der Waals surface area (Å²) in [6.45, 7) is 2.02. The van der Waals surface area contributed by atoms with Gasteiger partial charge >= 0.3 is 0 Å². The first-order valence-electron chi connectivity index (χ1n) is 7.40. The first-order valence-corrected chi connectivity index (χ1v) is 8.21. The number of hydrogen-bond acceptors (Lipinski definition) is 7. The third-order valence-corrected chi connectivity index (χ3v) is 5.00. The molecule has 4 rings (SSSR count). The van der Waals surface area contributed by atoms with Crippen molar-refractivity contribution in [3.05, 3.63) is 12.1 Å². The average Bonchev–Trinajstić information content (AvgIpc) is 3.17. The Morgan fingerprint density at radius 1 is 1.35 bits per heavy atom. The fourth-order valence-corrected chi connectivity index (χ4v) is 3.71. The van der Waals surface area contributed by atoms with Crippen LogP contribution in [0.2, 0.25) is 0 Å². The van der Waals surface area contributed by atoms with Crippen molar-refractivity contribution in [2.75, 3.05) is 45.5 Å². The molecular weight excluding hydrogens is 318 g/mol. The third-order valence-electron chi connectivity index (χ3n) is 3.92. The maximum Gasteiger partial charge on any atom is 0.253 e. The van der Waals surface area contributed by atoms with Gasteiger partial charge < -0.3 is 24.0 Å². The molecule has 1 aromatic carbocycles. The van der Waals surface area contributed by atoms with Gasteiger partial charge in [0.1, 0.15) is 0 Å². The number of benzene rings is 1. The third kappa shape index (κ3) is 2.57. The van der Waals surface area contributed by atoms with Crippen LogP contribution in [0.25, 0.3) is 10.2 Å². The van der Waals surface area contributed by atoms with E-state index in [4.69, 9.17) is 14.2 Å². The minimum Gasteiger partial charge on any atom is -0.454 e. The maximum absolute atomic E-state index is 12.1. The van der Waals surface area contributed by atoms with Gasteiger partial charge in [-0.2, -0.15) is 0 Å². The molecule has 0 aliphatic carbocycles. The van der Waals surface area contributed by atoms with Crippen molar-refractivity contribution < 1.29 is 19.0 Å². The van der Waals surface area contributed by atoms with E-state index in [2.05, 4.69) is 9.88 Å². The Morgan fingerprint density at radius 2 is 2.13 bits per heavy atom. The van der Waals surface area contributed by atoms with Crippen molar-refractivity contribution in [2.24, 2.45) is 0 Å². The second-order valence-electron chi connectivity index (χ2n) is 5.71. The molecule has 2 aromatic rings. The van der Waals surface area contributed by atoms with Crippen LogP contribution in [0, 0.1) is 0 Å². The van der Waals surface area contributed by atoms with E-state index in [0.717, 1.165) is 33.4 Å². The van der Waals surface area contributed by atoms with E-state index in [0.29, 0.717) is 13.2 Å². The predicted octanol–water partition coefficient (Wildman–Crippen LogP) is 1.32. The molecular formula is C15H17N3O4S. The molecule has 1 unspecified atom stereocenters. The molecule has 1 fully saturated rings. The lowest BCUT2D eigenvalue weighted by Crippen LogP contribution is -2.49. The van der Waals surface area contributed by atoms with Gasteiger partial charge in [-0.1, -0.05) is 11.3 Å². The van der Waals surface area contributed by atoms with Crippen molar-refractivity contribution in [3.8, 4) is 11.5 Å². The Hall–Kier alpha value is -2.06. The van der Waals surface area contributed by atoms with Gasteiger partial charge in [0.25, 0.3) is 5.91 Å². The van der Waals surface area contributed by atoms with Crippen molar-refractivity contribution in [1.29, 1.82) is 0 Å². The fraction of sp³-hybridized carbons (Fsp3) is 0.467. The minimum absolute atomic E-state index is 0.0170. The molecule has 2 aliphatic rings. The molecule has 0 bridgehead atoms. The van der Waals surface area contributed by atoms with E-state index in [9.17, 15) is 4.79 Å². The van der Waals surface area contributed by atoms with Crippen LogP contribution in [-0.4, -0.2) is 62.5 Å². The van der Waals surface area contributed by atoms with Crippen LogP contribution >= 0.6 is 11.3 Å². The number of carbonyl (C=O) groups excluding carboxylic acids is 1. The Kier molecular flexibility index (Phi) is 3.50. The van der Waals surface area contributed by atoms with Crippen LogP contribution in [0.1, 0.15) is 0 Å². The maximum atomic E-state index is 12.1. The lowest BCUT2D eigenvalue weighted by atomic mass is 10.2. The van der Waals surface area contributed by atoms with Gasteiger partial charge in [-0.25, -0.2) is 4.98 Å². The molecule has 0 saturated carbocycles. The minimum atomic E-state index is -0.442. The number of likely N-dealkylation sites (N-methyl/N-ethyl adjacent to an activating group) is 1.